The number of benzene rings is 1. The van der Waals surface area contributed by atoms with Crippen molar-refractivity contribution < 1.29 is 24.1 Å². The molecule has 6 heteroatoms. The number of methoxy groups -OCH3 is 2. The Labute approximate surface area is 194 Å². The van der Waals surface area contributed by atoms with Gasteiger partial charge < -0.3 is 24.1 Å². The lowest BCUT2D eigenvalue weighted by Crippen LogP contribution is -2.41. The first-order valence-corrected chi connectivity index (χ1v) is 12.2. The van der Waals surface area contributed by atoms with E-state index >= 15 is 0 Å². The zero-order valence-electron chi connectivity index (χ0n) is 20.7. The molecule has 2 aliphatic rings. The van der Waals surface area contributed by atoms with Gasteiger partial charge in [-0.15, -0.1) is 0 Å². The number of aliphatic hydroxyl groups is 1. The van der Waals surface area contributed by atoms with E-state index in [4.69, 9.17) is 18.9 Å². The maximum atomic E-state index is 9.55. The Hall–Kier alpha value is -1.34. The maximum absolute atomic E-state index is 9.55. The molecule has 182 valence electrons. The number of hydrogen-bond acceptors (Lipinski definition) is 6. The van der Waals surface area contributed by atoms with Gasteiger partial charge in [0, 0.05) is 32.8 Å². The van der Waals surface area contributed by atoms with Gasteiger partial charge in [0.1, 0.15) is 0 Å². The molecule has 3 atom stereocenters. The molecule has 1 aromatic rings. The van der Waals surface area contributed by atoms with Crippen LogP contribution in [-0.4, -0.2) is 62.9 Å². The van der Waals surface area contributed by atoms with E-state index in [1.165, 1.54) is 17.5 Å². The molecule has 0 spiro atoms. The Morgan fingerprint density at radius 3 is 2.50 bits per heavy atom. The second-order valence-corrected chi connectivity index (χ2v) is 10.2. The quantitative estimate of drug-likeness (QED) is 0.540. The van der Waals surface area contributed by atoms with Gasteiger partial charge in [-0.05, 0) is 80.0 Å². The van der Waals surface area contributed by atoms with Gasteiger partial charge in [0.2, 0.25) is 0 Å². The fourth-order valence-corrected chi connectivity index (χ4v) is 5.09. The Bertz CT molecular complexity index is 716. The molecule has 1 fully saturated rings. The summed E-state index contributed by atoms with van der Waals surface area (Å²) >= 11 is 0. The van der Waals surface area contributed by atoms with E-state index in [0.29, 0.717) is 5.92 Å². The lowest BCUT2D eigenvalue weighted by molar-refractivity contribution is -0.197. The van der Waals surface area contributed by atoms with Gasteiger partial charge in [-0.3, -0.25) is 4.90 Å². The van der Waals surface area contributed by atoms with Gasteiger partial charge in [0.15, 0.2) is 17.8 Å². The second-order valence-electron chi connectivity index (χ2n) is 10.2. The molecule has 2 heterocycles. The molecule has 2 unspecified atom stereocenters. The molecule has 1 saturated heterocycles. The summed E-state index contributed by atoms with van der Waals surface area (Å²) in [7, 11) is 3.38. The highest BCUT2D eigenvalue weighted by molar-refractivity contribution is 5.48. The molecule has 1 aromatic carbocycles. The highest BCUT2D eigenvalue weighted by Crippen LogP contribution is 2.36. The highest BCUT2D eigenvalue weighted by atomic mass is 16.7. The first-order chi connectivity index (χ1) is 15.3. The van der Waals surface area contributed by atoms with E-state index < -0.39 is 0 Å². The number of hydrogen-bond donors (Lipinski definition) is 1. The Morgan fingerprint density at radius 1 is 1.16 bits per heavy atom. The van der Waals surface area contributed by atoms with Crippen LogP contribution in [-0.2, 0) is 22.4 Å². The van der Waals surface area contributed by atoms with Crippen molar-refractivity contribution >= 4 is 0 Å². The average Bonchev–Trinajstić information content (AvgIpc) is 2.78. The fraction of sp³-hybridized carbons (Fsp3) is 0.769. The van der Waals surface area contributed by atoms with Crippen LogP contribution in [0.2, 0.25) is 0 Å². The summed E-state index contributed by atoms with van der Waals surface area (Å²) in [4.78, 5) is 2.54. The third-order valence-electron chi connectivity index (χ3n) is 7.06. The summed E-state index contributed by atoms with van der Waals surface area (Å²) in [6.07, 6.45) is 6.12. The normalized spacial score (nSPS) is 21.6. The van der Waals surface area contributed by atoms with Crippen LogP contribution in [0.3, 0.4) is 0 Å². The molecule has 0 amide bonds. The van der Waals surface area contributed by atoms with Crippen molar-refractivity contribution in [3.63, 3.8) is 0 Å². The van der Waals surface area contributed by atoms with E-state index in [1.54, 1.807) is 14.2 Å². The second kappa shape index (κ2) is 11.7. The minimum Gasteiger partial charge on any atom is -0.493 e. The van der Waals surface area contributed by atoms with E-state index in [9.17, 15) is 5.11 Å². The van der Waals surface area contributed by atoms with Crippen molar-refractivity contribution in [3.8, 4) is 11.5 Å². The monoisotopic (exact) mass is 449 g/mol. The fourth-order valence-electron chi connectivity index (χ4n) is 5.09. The molecule has 2 aliphatic heterocycles. The van der Waals surface area contributed by atoms with Crippen LogP contribution >= 0.6 is 0 Å². The molecule has 0 saturated carbocycles. The van der Waals surface area contributed by atoms with Crippen LogP contribution in [0.5, 0.6) is 11.5 Å². The maximum Gasteiger partial charge on any atom is 0.161 e. The first-order valence-electron chi connectivity index (χ1n) is 12.2. The molecule has 32 heavy (non-hydrogen) atoms. The number of nitrogens with zero attached hydrogens (tertiary/aromatic N) is 1. The van der Waals surface area contributed by atoms with Gasteiger partial charge >= 0.3 is 0 Å². The molecule has 0 bridgehead atoms. The van der Waals surface area contributed by atoms with Crippen LogP contribution < -0.4 is 9.47 Å². The van der Waals surface area contributed by atoms with E-state index in [-0.39, 0.29) is 24.4 Å². The molecule has 0 radical (unpaired) electrons. The average molecular weight is 450 g/mol. The molecule has 6 nitrogen and oxygen atoms in total. The zero-order valence-corrected chi connectivity index (χ0v) is 20.7. The largest absolute Gasteiger partial charge is 0.493 e. The molecule has 3 rings (SSSR count). The highest BCUT2D eigenvalue weighted by Gasteiger charge is 2.32. The van der Waals surface area contributed by atoms with Crippen molar-refractivity contribution in [1.29, 1.82) is 0 Å². The standard InChI is InChI=1S/C26H43NO5/c1-19(32-25-8-6-7-13-31-25)22(16-26(2,3)10-12-28)18-27-11-9-20-14-23(29-4)24(30-5)15-21(20)17-27/h14-15,19,22,25,28H,6-13,16-18H2,1-5H3/t19-,22?,25?/m1/s1. The summed E-state index contributed by atoms with van der Waals surface area (Å²) in [5.74, 6) is 1.96. The van der Waals surface area contributed by atoms with Crippen molar-refractivity contribution in [2.45, 2.75) is 78.2 Å². The van der Waals surface area contributed by atoms with Gasteiger partial charge in [0.25, 0.3) is 0 Å². The first kappa shape index (κ1) is 25.3. The van der Waals surface area contributed by atoms with Crippen LogP contribution in [0.15, 0.2) is 12.1 Å². The smallest absolute Gasteiger partial charge is 0.161 e. The molecule has 1 N–H and O–H groups in total. The van der Waals surface area contributed by atoms with E-state index in [1.807, 2.05) is 0 Å². The number of fused-ring (bicyclic) bond motifs is 1. The minimum atomic E-state index is -0.0824. The summed E-state index contributed by atoms with van der Waals surface area (Å²) < 4.78 is 23.3. The number of aliphatic hydroxyl groups excluding tert-OH is 1. The third kappa shape index (κ3) is 6.83. The SMILES string of the molecule is COc1cc2c(cc1OC)CN(CC(CC(C)(C)CCO)[C@@H](C)OC1CCCCO1)CC2. The van der Waals surface area contributed by atoms with Crippen molar-refractivity contribution in [2.75, 3.05) is 40.5 Å². The topological polar surface area (TPSA) is 60.4 Å². The Morgan fingerprint density at radius 2 is 1.88 bits per heavy atom. The van der Waals surface area contributed by atoms with Crippen LogP contribution in [0, 0.1) is 11.3 Å². The van der Waals surface area contributed by atoms with Crippen LogP contribution in [0.1, 0.15) is 64.0 Å². The van der Waals surface area contributed by atoms with Gasteiger partial charge in [-0.25, -0.2) is 0 Å². The predicted molar refractivity (Wildman–Crippen MR) is 126 cm³/mol. The number of ether oxygens (including phenoxy) is 4. The van der Waals surface area contributed by atoms with Crippen molar-refractivity contribution in [2.24, 2.45) is 11.3 Å². The van der Waals surface area contributed by atoms with Crippen molar-refractivity contribution in [1.82, 2.24) is 4.90 Å². The minimum absolute atomic E-state index is 0.0642. The Kier molecular flexibility index (Phi) is 9.23. The summed E-state index contributed by atoms with van der Waals surface area (Å²) in [5, 5.41) is 9.55. The zero-order chi connectivity index (χ0) is 23.1. The predicted octanol–water partition coefficient (Wildman–Crippen LogP) is 4.41. The van der Waals surface area contributed by atoms with E-state index in [2.05, 4.69) is 37.8 Å². The van der Waals surface area contributed by atoms with E-state index in [0.717, 1.165) is 69.8 Å². The third-order valence-corrected chi connectivity index (χ3v) is 7.06. The van der Waals surface area contributed by atoms with Crippen molar-refractivity contribution in [3.05, 3.63) is 23.3 Å². The summed E-state index contributed by atoms with van der Waals surface area (Å²) in [6.45, 7) is 10.6. The van der Waals surface area contributed by atoms with Gasteiger partial charge in [0.05, 0.1) is 20.3 Å². The van der Waals surface area contributed by atoms with Crippen LogP contribution in [0.25, 0.3) is 0 Å². The Balaban J connectivity index is 1.70. The van der Waals surface area contributed by atoms with Gasteiger partial charge in [-0.2, -0.15) is 0 Å². The molecular formula is C26H43NO5. The molecule has 0 aromatic heterocycles. The van der Waals surface area contributed by atoms with Gasteiger partial charge in [-0.1, -0.05) is 13.8 Å². The lowest BCUT2D eigenvalue weighted by atomic mass is 9.78. The molecular weight excluding hydrogens is 406 g/mol. The lowest BCUT2D eigenvalue weighted by Gasteiger charge is -2.39. The number of rotatable bonds is 11. The summed E-state index contributed by atoms with van der Waals surface area (Å²) in [6, 6.07) is 4.25. The van der Waals surface area contributed by atoms with Crippen LogP contribution in [0.4, 0.5) is 0 Å². The summed E-state index contributed by atoms with van der Waals surface area (Å²) in [5.41, 5.74) is 2.72. The molecule has 0 aliphatic carbocycles.